The second-order valence-electron chi connectivity index (χ2n) is 4.89. The third-order valence-electron chi connectivity index (χ3n) is 3.45. The summed E-state index contributed by atoms with van der Waals surface area (Å²) in [6.07, 6.45) is 0. The molecule has 0 bridgehead atoms. The minimum atomic E-state index is -0.630. The number of halogens is 2. The molecule has 1 aromatic heterocycles. The first-order chi connectivity index (χ1) is 10.5. The molecule has 0 atom stereocenters. The fourth-order valence-corrected chi connectivity index (χ4v) is 2.50. The van der Waals surface area contributed by atoms with Gasteiger partial charge in [0.15, 0.2) is 11.4 Å². The van der Waals surface area contributed by atoms with Crippen LogP contribution in [0.1, 0.15) is 22.8 Å². The lowest BCUT2D eigenvalue weighted by Crippen LogP contribution is -2.16. The number of benzene rings is 2. The lowest BCUT2D eigenvalue weighted by atomic mass is 10.1. The summed E-state index contributed by atoms with van der Waals surface area (Å²) in [5, 5.41) is 0.238. The SMILES string of the molecule is CC(=O)c1ccc2c(c1)oc(=O)n2Cc1c(F)cccc1Cl. The number of ketones is 1. The van der Waals surface area contributed by atoms with Gasteiger partial charge in [-0.3, -0.25) is 9.36 Å². The van der Waals surface area contributed by atoms with E-state index >= 15 is 0 Å². The van der Waals surface area contributed by atoms with Gasteiger partial charge in [-0.05, 0) is 37.3 Å². The summed E-state index contributed by atoms with van der Waals surface area (Å²) in [4.78, 5) is 23.4. The summed E-state index contributed by atoms with van der Waals surface area (Å²) in [5.41, 5.74) is 1.42. The fourth-order valence-electron chi connectivity index (χ4n) is 2.28. The van der Waals surface area contributed by atoms with Crippen LogP contribution in [0.2, 0.25) is 5.02 Å². The highest BCUT2D eigenvalue weighted by Crippen LogP contribution is 2.22. The van der Waals surface area contributed by atoms with Gasteiger partial charge in [-0.1, -0.05) is 17.7 Å². The predicted molar refractivity (Wildman–Crippen MR) is 81.0 cm³/mol. The van der Waals surface area contributed by atoms with Gasteiger partial charge in [0.05, 0.1) is 12.1 Å². The molecule has 6 heteroatoms. The number of aromatic nitrogens is 1. The van der Waals surface area contributed by atoms with Crippen LogP contribution >= 0.6 is 11.6 Å². The molecule has 0 unspecified atom stereocenters. The molecule has 0 N–H and O–H groups in total. The minimum Gasteiger partial charge on any atom is -0.408 e. The molecule has 0 amide bonds. The van der Waals surface area contributed by atoms with Gasteiger partial charge >= 0.3 is 5.76 Å². The second-order valence-corrected chi connectivity index (χ2v) is 5.30. The molecule has 0 aliphatic carbocycles. The Morgan fingerprint density at radius 3 is 2.77 bits per heavy atom. The summed E-state index contributed by atoms with van der Waals surface area (Å²) < 4.78 is 20.3. The van der Waals surface area contributed by atoms with Crippen LogP contribution in [-0.2, 0) is 6.54 Å². The van der Waals surface area contributed by atoms with Crippen LogP contribution in [-0.4, -0.2) is 10.4 Å². The third kappa shape index (κ3) is 2.44. The van der Waals surface area contributed by atoms with Crippen molar-refractivity contribution in [3.63, 3.8) is 0 Å². The molecular formula is C16H11ClFNO3. The van der Waals surface area contributed by atoms with Crippen molar-refractivity contribution in [1.82, 2.24) is 4.57 Å². The molecule has 0 spiro atoms. The molecule has 0 radical (unpaired) electrons. The highest BCUT2D eigenvalue weighted by atomic mass is 35.5. The maximum Gasteiger partial charge on any atom is 0.420 e. The van der Waals surface area contributed by atoms with Gasteiger partial charge < -0.3 is 4.42 Å². The van der Waals surface area contributed by atoms with Crippen LogP contribution in [0, 0.1) is 5.82 Å². The van der Waals surface area contributed by atoms with Crippen LogP contribution in [0.5, 0.6) is 0 Å². The standard InChI is InChI=1S/C16H11ClFNO3/c1-9(20)10-5-6-14-15(7-10)22-16(21)19(14)8-11-12(17)3-2-4-13(11)18/h2-7H,8H2,1H3. The molecule has 0 fully saturated rings. The first-order valence-electron chi connectivity index (χ1n) is 6.54. The number of carbonyl (C=O) groups is 1. The number of hydrogen-bond acceptors (Lipinski definition) is 3. The molecule has 4 nitrogen and oxygen atoms in total. The Labute approximate surface area is 129 Å². The van der Waals surface area contributed by atoms with E-state index in [2.05, 4.69) is 0 Å². The lowest BCUT2D eigenvalue weighted by molar-refractivity contribution is 0.101. The number of carbonyl (C=O) groups excluding carboxylic acids is 1. The van der Waals surface area contributed by atoms with Crippen molar-refractivity contribution in [3.8, 4) is 0 Å². The zero-order valence-corrected chi connectivity index (χ0v) is 12.4. The molecule has 1 heterocycles. The minimum absolute atomic E-state index is 0.0449. The molecule has 0 saturated carbocycles. The largest absolute Gasteiger partial charge is 0.420 e. The van der Waals surface area contributed by atoms with E-state index in [1.54, 1.807) is 18.2 Å². The first-order valence-corrected chi connectivity index (χ1v) is 6.92. The zero-order chi connectivity index (χ0) is 15.9. The van der Waals surface area contributed by atoms with Gasteiger partial charge in [0.25, 0.3) is 0 Å². The Morgan fingerprint density at radius 2 is 2.09 bits per heavy atom. The van der Waals surface area contributed by atoms with Crippen molar-refractivity contribution in [2.24, 2.45) is 0 Å². The highest BCUT2D eigenvalue weighted by Gasteiger charge is 2.15. The van der Waals surface area contributed by atoms with E-state index in [4.69, 9.17) is 16.0 Å². The summed E-state index contributed by atoms with van der Waals surface area (Å²) in [5.74, 6) is -1.25. The van der Waals surface area contributed by atoms with Crippen molar-refractivity contribution in [3.05, 3.63) is 68.9 Å². The number of hydrogen-bond donors (Lipinski definition) is 0. The van der Waals surface area contributed by atoms with Crippen LogP contribution in [0.4, 0.5) is 4.39 Å². The van der Waals surface area contributed by atoms with Crippen LogP contribution in [0.3, 0.4) is 0 Å². The van der Waals surface area contributed by atoms with Gasteiger partial charge in [-0.15, -0.1) is 0 Å². The molecule has 0 aliphatic heterocycles. The fraction of sp³-hybridized carbons (Fsp3) is 0.125. The average Bonchev–Trinajstić information content (AvgIpc) is 2.77. The van der Waals surface area contributed by atoms with Crippen molar-refractivity contribution in [2.45, 2.75) is 13.5 Å². The summed E-state index contributed by atoms with van der Waals surface area (Å²) in [7, 11) is 0. The van der Waals surface area contributed by atoms with E-state index in [0.29, 0.717) is 11.1 Å². The summed E-state index contributed by atoms with van der Waals surface area (Å²) in [6, 6.07) is 9.03. The van der Waals surface area contributed by atoms with Crippen LogP contribution in [0.25, 0.3) is 11.1 Å². The number of nitrogens with zero attached hydrogens (tertiary/aromatic N) is 1. The number of rotatable bonds is 3. The van der Waals surface area contributed by atoms with Crippen LogP contribution < -0.4 is 5.76 Å². The smallest absolute Gasteiger partial charge is 0.408 e. The van der Waals surface area contributed by atoms with E-state index < -0.39 is 11.6 Å². The highest BCUT2D eigenvalue weighted by molar-refractivity contribution is 6.31. The molecule has 0 aliphatic rings. The maximum atomic E-state index is 13.9. The van der Waals surface area contributed by atoms with E-state index in [1.165, 1.54) is 29.7 Å². The topological polar surface area (TPSA) is 52.2 Å². The Balaban J connectivity index is 2.14. The monoisotopic (exact) mass is 319 g/mol. The molecular weight excluding hydrogens is 309 g/mol. The Bertz CT molecular complexity index is 922. The van der Waals surface area contributed by atoms with Crippen molar-refractivity contribution < 1.29 is 13.6 Å². The van der Waals surface area contributed by atoms with Gasteiger partial charge in [0.1, 0.15) is 5.82 Å². The van der Waals surface area contributed by atoms with Crippen molar-refractivity contribution in [2.75, 3.05) is 0 Å². The molecule has 2 aromatic carbocycles. The van der Waals surface area contributed by atoms with Crippen molar-refractivity contribution >= 4 is 28.5 Å². The Hall–Kier alpha value is -2.40. The van der Waals surface area contributed by atoms with Gasteiger partial charge in [-0.25, -0.2) is 9.18 Å². The molecule has 0 saturated heterocycles. The third-order valence-corrected chi connectivity index (χ3v) is 3.81. The van der Waals surface area contributed by atoms with Gasteiger partial charge in [0, 0.05) is 16.1 Å². The molecule has 112 valence electrons. The van der Waals surface area contributed by atoms with E-state index in [1.807, 2.05) is 0 Å². The maximum absolute atomic E-state index is 13.9. The molecule has 3 aromatic rings. The Kier molecular flexibility index (Phi) is 3.58. The summed E-state index contributed by atoms with van der Waals surface area (Å²) >= 11 is 5.99. The number of fused-ring (bicyclic) bond motifs is 1. The lowest BCUT2D eigenvalue weighted by Gasteiger charge is -2.06. The predicted octanol–water partition coefficient (Wildman–Crippen LogP) is 3.64. The second kappa shape index (κ2) is 5.42. The van der Waals surface area contributed by atoms with E-state index in [0.717, 1.165) is 0 Å². The van der Waals surface area contributed by atoms with Gasteiger partial charge in [0.2, 0.25) is 0 Å². The Morgan fingerprint density at radius 1 is 1.32 bits per heavy atom. The van der Waals surface area contributed by atoms with Crippen molar-refractivity contribution in [1.29, 1.82) is 0 Å². The average molecular weight is 320 g/mol. The quantitative estimate of drug-likeness (QED) is 0.693. The van der Waals surface area contributed by atoms with E-state index in [9.17, 15) is 14.0 Å². The number of Topliss-reactive ketones (excluding diaryl/α,β-unsaturated/α-hetero) is 1. The zero-order valence-electron chi connectivity index (χ0n) is 11.6. The summed E-state index contributed by atoms with van der Waals surface area (Å²) in [6.45, 7) is 1.38. The van der Waals surface area contributed by atoms with Crippen LogP contribution in [0.15, 0.2) is 45.6 Å². The number of oxazole rings is 1. The normalized spacial score (nSPS) is 11.0. The molecule has 22 heavy (non-hydrogen) atoms. The van der Waals surface area contributed by atoms with E-state index in [-0.39, 0.29) is 28.5 Å². The first kappa shape index (κ1) is 14.5. The molecule has 3 rings (SSSR count). The van der Waals surface area contributed by atoms with Gasteiger partial charge in [-0.2, -0.15) is 0 Å².